The van der Waals surface area contributed by atoms with Crippen LogP contribution in [0.2, 0.25) is 0 Å². The van der Waals surface area contributed by atoms with Gasteiger partial charge in [0.25, 0.3) is 5.91 Å². The van der Waals surface area contributed by atoms with Crippen LogP contribution in [0.4, 0.5) is 10.2 Å². The molecule has 0 spiro atoms. The lowest BCUT2D eigenvalue weighted by Crippen LogP contribution is -2.50. The van der Waals surface area contributed by atoms with Gasteiger partial charge in [-0.15, -0.1) is 0 Å². The van der Waals surface area contributed by atoms with Crippen LogP contribution >= 0.6 is 31.3 Å². The zero-order valence-electron chi connectivity index (χ0n) is 37.7. The van der Waals surface area contributed by atoms with E-state index in [-0.39, 0.29) is 47.9 Å². The Labute approximate surface area is 385 Å². The number of hydrogen-bond donors (Lipinski definition) is 7. The number of rotatable bonds is 28. The molecule has 65 heavy (non-hydrogen) atoms. The van der Waals surface area contributed by atoms with E-state index in [1.807, 2.05) is 34.6 Å². The molecule has 3 rings (SSSR count). The standard InChI is InChI=1S/C40H64FN6O15PS2/c1-38(2,3)46-27(36(53)54)22-65-29-9-8-28(29)64-21-26(43-31(49)10-13-40(6,7)60-17-14-39(4,5)23-48)34(52)42-15-11-33(51)59-20-32(50)44-30-12-16-47(37(55)45-30)35-25(41)18-24(62-35)19-61-63(56,57)58/h12,16,23-29,35,46H,8-11,13-15,17-22H2,1-7H3,(H,42,52)(H,43,49)(H,53,54)(H2,56,57,58)(H,44,45,50,55)/t24-,25-,26?,27?,28?,29?,35?/m0/s1. The number of thioether (sulfide) groups is 2. The number of aromatic nitrogens is 2. The lowest BCUT2D eigenvalue weighted by atomic mass is 9.92. The van der Waals surface area contributed by atoms with Gasteiger partial charge in [0.05, 0.1) is 24.7 Å². The summed E-state index contributed by atoms with van der Waals surface area (Å²) in [6.45, 7) is 11.7. The summed E-state index contributed by atoms with van der Waals surface area (Å²) in [7, 11) is -4.82. The van der Waals surface area contributed by atoms with Crippen LogP contribution in [0.25, 0.3) is 0 Å². The third-order valence-electron chi connectivity index (χ3n) is 10.1. The minimum Gasteiger partial charge on any atom is -0.480 e. The second-order valence-electron chi connectivity index (χ2n) is 18.1. The van der Waals surface area contributed by atoms with Crippen molar-refractivity contribution in [2.45, 2.75) is 146 Å². The molecule has 7 N–H and O–H groups in total. The summed E-state index contributed by atoms with van der Waals surface area (Å²) >= 11 is 3.05. The first-order valence-electron chi connectivity index (χ1n) is 21.1. The Morgan fingerprint density at radius 3 is 2.23 bits per heavy atom. The minimum atomic E-state index is -4.82. The molecule has 0 bridgehead atoms. The molecule has 1 aromatic heterocycles. The number of anilines is 1. The van der Waals surface area contributed by atoms with Gasteiger partial charge in [0, 0.05) is 65.1 Å². The smallest absolute Gasteiger partial charge is 0.469 e. The Hall–Kier alpha value is -3.48. The molecule has 3 amide bonds. The molecule has 368 valence electrons. The van der Waals surface area contributed by atoms with Crippen molar-refractivity contribution in [1.82, 2.24) is 25.5 Å². The third-order valence-corrected chi connectivity index (χ3v) is 13.8. The molecular weight excluding hydrogens is 919 g/mol. The summed E-state index contributed by atoms with van der Waals surface area (Å²) in [5, 5.41) is 20.8. The number of alkyl halides is 1. The Morgan fingerprint density at radius 1 is 1.02 bits per heavy atom. The van der Waals surface area contributed by atoms with Gasteiger partial charge >= 0.3 is 25.5 Å². The molecule has 1 aromatic rings. The van der Waals surface area contributed by atoms with Gasteiger partial charge in [-0.2, -0.15) is 28.5 Å². The van der Waals surface area contributed by atoms with Crippen molar-refractivity contribution in [1.29, 1.82) is 0 Å². The van der Waals surface area contributed by atoms with Crippen molar-refractivity contribution >= 4 is 73.1 Å². The summed E-state index contributed by atoms with van der Waals surface area (Å²) in [5.41, 5.74) is -2.65. The first-order chi connectivity index (χ1) is 30.2. The number of nitrogens with one attached hydrogen (secondary N) is 4. The number of phosphoric ester groups is 1. The maximum atomic E-state index is 14.6. The monoisotopic (exact) mass is 982 g/mol. The lowest BCUT2D eigenvalue weighted by Gasteiger charge is -2.37. The van der Waals surface area contributed by atoms with Crippen LogP contribution in [0.5, 0.6) is 0 Å². The molecule has 1 saturated heterocycles. The van der Waals surface area contributed by atoms with Crippen LogP contribution in [0, 0.1) is 5.41 Å². The van der Waals surface area contributed by atoms with Gasteiger partial charge < -0.3 is 49.8 Å². The Bertz CT molecular complexity index is 1910. The summed E-state index contributed by atoms with van der Waals surface area (Å²) < 4.78 is 47.0. The predicted molar refractivity (Wildman–Crippen MR) is 239 cm³/mol. The minimum absolute atomic E-state index is 0.0357. The third kappa shape index (κ3) is 20.9. The van der Waals surface area contributed by atoms with Crippen molar-refractivity contribution in [2.24, 2.45) is 5.41 Å². The van der Waals surface area contributed by atoms with E-state index in [2.05, 4.69) is 30.8 Å². The van der Waals surface area contributed by atoms with E-state index in [1.54, 1.807) is 25.6 Å². The van der Waals surface area contributed by atoms with Gasteiger partial charge in [-0.3, -0.25) is 38.4 Å². The number of amides is 3. The van der Waals surface area contributed by atoms with Crippen LogP contribution in [-0.4, -0.2) is 144 Å². The van der Waals surface area contributed by atoms with Gasteiger partial charge in [0.2, 0.25) is 11.8 Å². The zero-order valence-corrected chi connectivity index (χ0v) is 40.3. The molecule has 1 saturated carbocycles. The molecule has 5 unspecified atom stereocenters. The van der Waals surface area contributed by atoms with Gasteiger partial charge in [-0.25, -0.2) is 13.8 Å². The molecule has 2 fully saturated rings. The number of aliphatic carboxylic acids is 1. The highest BCUT2D eigenvalue weighted by molar-refractivity contribution is 8.04. The molecule has 0 aromatic carbocycles. The van der Waals surface area contributed by atoms with Crippen molar-refractivity contribution < 1.29 is 71.4 Å². The SMILES string of the molecule is CC(C)(C=O)CCOC(C)(C)CCC(=O)NC(CSC1CCC1SCC(NC(C)(C)C)C(=O)O)C(=O)NCCC(=O)OCC(=O)Nc1ccn(C2O[C@H](COP(=O)(O)O)C[C@@H]2F)c(=O)n1. The number of carbonyl (C=O) groups is 6. The van der Waals surface area contributed by atoms with Gasteiger partial charge in [0.15, 0.2) is 12.8 Å². The van der Waals surface area contributed by atoms with E-state index in [4.69, 9.17) is 24.0 Å². The zero-order chi connectivity index (χ0) is 48.8. The van der Waals surface area contributed by atoms with Crippen LogP contribution in [0.15, 0.2) is 17.1 Å². The molecule has 2 aliphatic rings. The van der Waals surface area contributed by atoms with E-state index < -0.39 is 104 Å². The fourth-order valence-corrected chi connectivity index (χ4v) is 9.74. The Balaban J connectivity index is 1.51. The van der Waals surface area contributed by atoms with E-state index in [1.165, 1.54) is 11.8 Å². The van der Waals surface area contributed by atoms with Gasteiger partial charge in [-0.05, 0) is 66.4 Å². The normalized spacial score (nSPS) is 21.1. The largest absolute Gasteiger partial charge is 0.480 e. The van der Waals surface area contributed by atoms with E-state index in [0.717, 1.165) is 36.0 Å². The average molecular weight is 983 g/mol. The molecule has 1 aliphatic carbocycles. The molecular formula is C40H64FN6O15PS2. The van der Waals surface area contributed by atoms with Crippen molar-refractivity contribution in [3.05, 3.63) is 22.7 Å². The maximum absolute atomic E-state index is 14.6. The second-order valence-corrected chi connectivity index (χ2v) is 21.9. The number of carbonyl (C=O) groups excluding carboxylic acids is 5. The van der Waals surface area contributed by atoms with E-state index in [0.29, 0.717) is 25.2 Å². The fourth-order valence-electron chi connectivity index (χ4n) is 6.26. The highest BCUT2D eigenvalue weighted by atomic mass is 32.2. The number of hydrogen-bond acceptors (Lipinski definition) is 16. The van der Waals surface area contributed by atoms with Crippen LogP contribution in [0.1, 0.15) is 99.6 Å². The Morgan fingerprint density at radius 2 is 1.66 bits per heavy atom. The van der Waals surface area contributed by atoms with Crippen molar-refractivity contribution in [2.75, 3.05) is 43.2 Å². The molecule has 25 heteroatoms. The van der Waals surface area contributed by atoms with Crippen LogP contribution in [0.3, 0.4) is 0 Å². The second kappa shape index (κ2) is 25.0. The van der Waals surface area contributed by atoms with Crippen LogP contribution < -0.4 is 27.0 Å². The first kappa shape index (κ1) is 55.8. The number of phosphoric acid groups is 1. The molecule has 0 radical (unpaired) electrons. The average Bonchev–Trinajstić information content (AvgIpc) is 3.56. The quantitative estimate of drug-likeness (QED) is 0.0360. The highest BCUT2D eigenvalue weighted by Crippen LogP contribution is 2.41. The van der Waals surface area contributed by atoms with Crippen LogP contribution in [-0.2, 0) is 52.1 Å². The molecule has 2 heterocycles. The number of carboxylic acids is 1. The number of aldehydes is 1. The lowest BCUT2D eigenvalue weighted by molar-refractivity contribution is -0.147. The number of ether oxygens (including phenoxy) is 3. The fraction of sp³-hybridized carbons (Fsp3) is 0.750. The topological polar surface area (TPSA) is 300 Å². The van der Waals surface area contributed by atoms with Gasteiger partial charge in [-0.1, -0.05) is 13.8 Å². The number of carboxylic acid groups (broad SMARTS) is 1. The number of halogens is 1. The van der Waals surface area contributed by atoms with E-state index in [9.17, 15) is 47.6 Å². The summed E-state index contributed by atoms with van der Waals surface area (Å²) in [4.78, 5) is 109. The number of esters is 1. The Kier molecular flexibility index (Phi) is 21.5. The van der Waals surface area contributed by atoms with Gasteiger partial charge in [0.1, 0.15) is 30.4 Å². The molecule has 21 nitrogen and oxygen atoms in total. The van der Waals surface area contributed by atoms with E-state index >= 15 is 0 Å². The first-order valence-corrected chi connectivity index (χ1v) is 24.7. The molecule has 1 aliphatic heterocycles. The summed E-state index contributed by atoms with van der Waals surface area (Å²) in [5.74, 6) is -3.31. The highest BCUT2D eigenvalue weighted by Gasteiger charge is 2.39. The summed E-state index contributed by atoms with van der Waals surface area (Å²) in [6.07, 6.45) is -0.352. The summed E-state index contributed by atoms with van der Waals surface area (Å²) in [6, 6.07) is -0.571. The maximum Gasteiger partial charge on any atom is 0.469 e. The number of nitrogens with zero attached hydrogens (tertiary/aromatic N) is 2. The van der Waals surface area contributed by atoms with Crippen molar-refractivity contribution in [3.63, 3.8) is 0 Å². The van der Waals surface area contributed by atoms with Crippen molar-refractivity contribution in [3.8, 4) is 0 Å². The molecule has 7 atom stereocenters. The predicted octanol–water partition coefficient (Wildman–Crippen LogP) is 2.48.